The van der Waals surface area contributed by atoms with Crippen LogP contribution in [0.25, 0.3) is 0 Å². The normalized spacial score (nSPS) is 16.2. The first kappa shape index (κ1) is 21.7. The first-order valence-corrected chi connectivity index (χ1v) is 10.2. The van der Waals surface area contributed by atoms with Crippen LogP contribution in [0.5, 0.6) is 11.5 Å². The number of carbonyl (C=O) groups is 1. The third-order valence-corrected chi connectivity index (χ3v) is 5.27. The smallest absolute Gasteiger partial charge is 0.416 e. The summed E-state index contributed by atoms with van der Waals surface area (Å²) < 4.78 is 49.5. The molecule has 0 radical (unpaired) electrons. The van der Waals surface area contributed by atoms with E-state index in [0.29, 0.717) is 24.5 Å². The van der Waals surface area contributed by atoms with Crippen LogP contribution in [0.3, 0.4) is 0 Å². The van der Waals surface area contributed by atoms with Crippen molar-refractivity contribution in [3.63, 3.8) is 0 Å². The Balaban J connectivity index is 1.28. The molecule has 1 saturated heterocycles. The summed E-state index contributed by atoms with van der Waals surface area (Å²) in [5.41, 5.74) is 0.689. The second-order valence-corrected chi connectivity index (χ2v) is 7.56. The van der Waals surface area contributed by atoms with Crippen LogP contribution < -0.4 is 9.47 Å². The number of ether oxygens (including phenoxy) is 2. The van der Waals surface area contributed by atoms with Gasteiger partial charge in [-0.15, -0.1) is 0 Å². The third kappa shape index (κ3) is 5.40. The molecule has 1 aromatic heterocycles. The highest BCUT2D eigenvalue weighted by Gasteiger charge is 2.31. The number of hydrogen-bond donors (Lipinski definition) is 1. The monoisotopic (exact) mass is 445 g/mol. The Morgan fingerprint density at radius 2 is 1.84 bits per heavy atom. The Hall–Kier alpha value is -3.49. The number of aromatic nitrogens is 2. The van der Waals surface area contributed by atoms with E-state index in [1.54, 1.807) is 17.0 Å². The number of aromatic amines is 1. The molecule has 1 N–H and O–H groups in total. The second-order valence-electron chi connectivity index (χ2n) is 7.56. The van der Waals surface area contributed by atoms with Crippen LogP contribution in [0, 0.1) is 0 Å². The molecule has 2 aromatic carbocycles. The number of likely N-dealkylation sites (tertiary alicyclic amines) is 1. The fourth-order valence-electron chi connectivity index (χ4n) is 3.57. The average Bonchev–Trinajstić information content (AvgIpc) is 3.46. The number of H-pyrrole nitrogens is 1. The molecule has 3 aromatic rings. The molecule has 32 heavy (non-hydrogen) atoms. The van der Waals surface area contributed by atoms with Crippen LogP contribution in [-0.4, -0.2) is 40.7 Å². The van der Waals surface area contributed by atoms with E-state index in [1.165, 1.54) is 12.1 Å². The first-order chi connectivity index (χ1) is 15.4. The summed E-state index contributed by atoms with van der Waals surface area (Å²) in [4.78, 5) is 14.2. The number of amides is 1. The van der Waals surface area contributed by atoms with Crippen molar-refractivity contribution in [2.45, 2.75) is 25.1 Å². The molecular formula is C23H22F3N3O3. The minimum atomic E-state index is -4.42. The van der Waals surface area contributed by atoms with Gasteiger partial charge in [-0.05, 0) is 42.8 Å². The topological polar surface area (TPSA) is 67.4 Å². The molecule has 9 heteroatoms. The number of hydrogen-bond acceptors (Lipinski definition) is 4. The van der Waals surface area contributed by atoms with Crippen LogP contribution in [0.1, 0.15) is 29.3 Å². The predicted octanol–water partition coefficient (Wildman–Crippen LogP) is 4.40. The number of halogens is 3. The Morgan fingerprint density at radius 3 is 2.62 bits per heavy atom. The minimum Gasteiger partial charge on any atom is -0.487 e. The van der Waals surface area contributed by atoms with E-state index in [4.69, 9.17) is 9.47 Å². The van der Waals surface area contributed by atoms with Gasteiger partial charge in [-0.3, -0.25) is 9.89 Å². The molecule has 0 spiro atoms. The second kappa shape index (κ2) is 9.33. The van der Waals surface area contributed by atoms with Crippen LogP contribution >= 0.6 is 0 Å². The van der Waals surface area contributed by atoms with Gasteiger partial charge in [0.2, 0.25) is 0 Å². The van der Waals surface area contributed by atoms with E-state index in [-0.39, 0.29) is 30.8 Å². The summed E-state index contributed by atoms with van der Waals surface area (Å²) >= 11 is 0. The molecule has 1 fully saturated rings. The molecule has 1 aliphatic rings. The van der Waals surface area contributed by atoms with Gasteiger partial charge in [-0.2, -0.15) is 18.3 Å². The molecule has 168 valence electrons. The minimum absolute atomic E-state index is 0.0205. The average molecular weight is 445 g/mol. The Kier molecular flexibility index (Phi) is 6.34. The molecule has 4 rings (SSSR count). The zero-order valence-electron chi connectivity index (χ0n) is 17.1. The number of alkyl halides is 3. The van der Waals surface area contributed by atoms with Gasteiger partial charge in [0.05, 0.1) is 17.0 Å². The number of nitrogens with one attached hydrogen (secondary N) is 1. The van der Waals surface area contributed by atoms with Crippen molar-refractivity contribution in [3.05, 3.63) is 77.6 Å². The van der Waals surface area contributed by atoms with Crippen molar-refractivity contribution < 1.29 is 27.4 Å². The molecule has 1 unspecified atom stereocenters. The summed E-state index contributed by atoms with van der Waals surface area (Å²) in [6.45, 7) is 1.20. The number of rotatable bonds is 7. The van der Waals surface area contributed by atoms with Crippen LogP contribution in [0.15, 0.2) is 60.7 Å². The van der Waals surface area contributed by atoms with Gasteiger partial charge in [0.15, 0.2) is 6.61 Å². The van der Waals surface area contributed by atoms with E-state index in [2.05, 4.69) is 10.2 Å². The number of carbonyl (C=O) groups excluding carboxylic acids is 1. The molecule has 1 aliphatic heterocycles. The van der Waals surface area contributed by atoms with Gasteiger partial charge in [-0.25, -0.2) is 0 Å². The molecule has 0 aliphatic carbocycles. The van der Waals surface area contributed by atoms with Crippen LogP contribution in [0.4, 0.5) is 13.2 Å². The standard InChI is InChI=1S/C23H22F3N3O3/c24-23(25,26)17-5-4-8-20(11-17)31-14-18-12-21(28-27-18)16-9-10-29(13-16)22(30)15-32-19-6-2-1-3-7-19/h1-8,11-12,16H,9-10,13-15H2,(H,27,28). The highest BCUT2D eigenvalue weighted by atomic mass is 19.4. The fraction of sp³-hybridized carbons (Fsp3) is 0.304. The molecule has 1 atom stereocenters. The third-order valence-electron chi connectivity index (χ3n) is 5.27. The maximum atomic E-state index is 12.8. The lowest BCUT2D eigenvalue weighted by Gasteiger charge is -2.16. The Bertz CT molecular complexity index is 1050. The summed E-state index contributed by atoms with van der Waals surface area (Å²) in [7, 11) is 0. The highest BCUT2D eigenvalue weighted by Crippen LogP contribution is 2.31. The largest absolute Gasteiger partial charge is 0.487 e. The zero-order valence-corrected chi connectivity index (χ0v) is 17.1. The van der Waals surface area contributed by atoms with E-state index in [1.807, 2.05) is 24.3 Å². The molecule has 6 nitrogen and oxygen atoms in total. The van der Waals surface area contributed by atoms with Crippen LogP contribution in [-0.2, 0) is 17.6 Å². The van der Waals surface area contributed by atoms with Crippen molar-refractivity contribution in [1.29, 1.82) is 0 Å². The summed E-state index contributed by atoms with van der Waals surface area (Å²) in [6, 6.07) is 15.7. The van der Waals surface area contributed by atoms with E-state index >= 15 is 0 Å². The highest BCUT2D eigenvalue weighted by molar-refractivity contribution is 5.78. The maximum absolute atomic E-state index is 12.8. The molecular weight excluding hydrogens is 423 g/mol. The summed E-state index contributed by atoms with van der Waals surface area (Å²) in [5, 5.41) is 7.16. The predicted molar refractivity (Wildman–Crippen MR) is 110 cm³/mol. The van der Waals surface area contributed by atoms with Gasteiger partial charge in [0.1, 0.15) is 18.1 Å². The SMILES string of the molecule is O=C(COc1ccccc1)N1CCC(c2cc(COc3cccc(C(F)(F)F)c3)[nH]n2)C1. The lowest BCUT2D eigenvalue weighted by molar-refractivity contribution is -0.137. The Morgan fingerprint density at radius 1 is 1.06 bits per heavy atom. The van der Waals surface area contributed by atoms with Crippen molar-refractivity contribution in [1.82, 2.24) is 15.1 Å². The molecule has 2 heterocycles. The first-order valence-electron chi connectivity index (χ1n) is 10.2. The number of para-hydroxylation sites is 1. The van der Waals surface area contributed by atoms with E-state index in [0.717, 1.165) is 24.2 Å². The van der Waals surface area contributed by atoms with E-state index in [9.17, 15) is 18.0 Å². The van der Waals surface area contributed by atoms with Crippen molar-refractivity contribution in [2.75, 3.05) is 19.7 Å². The van der Waals surface area contributed by atoms with Gasteiger partial charge in [0, 0.05) is 19.0 Å². The van der Waals surface area contributed by atoms with Gasteiger partial charge < -0.3 is 14.4 Å². The van der Waals surface area contributed by atoms with Gasteiger partial charge >= 0.3 is 6.18 Å². The summed E-state index contributed by atoms with van der Waals surface area (Å²) in [6.07, 6.45) is -3.64. The number of nitrogens with zero attached hydrogens (tertiary/aromatic N) is 2. The molecule has 1 amide bonds. The molecule has 0 bridgehead atoms. The maximum Gasteiger partial charge on any atom is 0.416 e. The van der Waals surface area contributed by atoms with Crippen molar-refractivity contribution in [2.24, 2.45) is 0 Å². The molecule has 0 saturated carbocycles. The lowest BCUT2D eigenvalue weighted by atomic mass is 10.1. The van der Waals surface area contributed by atoms with Gasteiger partial charge in [0.25, 0.3) is 5.91 Å². The fourth-order valence-corrected chi connectivity index (χ4v) is 3.57. The van der Waals surface area contributed by atoms with Crippen molar-refractivity contribution in [3.8, 4) is 11.5 Å². The van der Waals surface area contributed by atoms with Crippen LogP contribution in [0.2, 0.25) is 0 Å². The van der Waals surface area contributed by atoms with Crippen molar-refractivity contribution >= 4 is 5.91 Å². The quantitative estimate of drug-likeness (QED) is 0.585. The Labute approximate surface area is 183 Å². The summed E-state index contributed by atoms with van der Waals surface area (Å²) in [5.74, 6) is 0.774. The van der Waals surface area contributed by atoms with Gasteiger partial charge in [-0.1, -0.05) is 24.3 Å². The zero-order chi connectivity index (χ0) is 22.6. The van der Waals surface area contributed by atoms with E-state index < -0.39 is 11.7 Å². The number of benzene rings is 2. The lowest BCUT2D eigenvalue weighted by Crippen LogP contribution is -2.32.